The van der Waals surface area contributed by atoms with Crippen LogP contribution < -0.4 is 15.4 Å². The molecule has 0 radical (unpaired) electrons. The van der Waals surface area contributed by atoms with Gasteiger partial charge in [-0.2, -0.15) is 0 Å². The normalized spacial score (nSPS) is 18.0. The SMILES string of the molecule is O=C1COc2cc([N+](=O)[O-])c(NCC3(CCO)CC3)cc2N1. The summed E-state index contributed by atoms with van der Waals surface area (Å²) in [7, 11) is 0. The van der Waals surface area contributed by atoms with Gasteiger partial charge in [0.05, 0.1) is 16.7 Å². The summed E-state index contributed by atoms with van der Waals surface area (Å²) in [6.07, 6.45) is 2.68. The van der Waals surface area contributed by atoms with Gasteiger partial charge >= 0.3 is 0 Å². The zero-order valence-electron chi connectivity index (χ0n) is 11.9. The molecule has 0 aromatic heterocycles. The fourth-order valence-corrected chi connectivity index (χ4v) is 2.62. The molecule has 1 fully saturated rings. The third-order valence-corrected chi connectivity index (χ3v) is 4.18. The maximum Gasteiger partial charge on any atom is 0.296 e. The smallest absolute Gasteiger partial charge is 0.296 e. The molecular weight excluding hydrogens is 290 g/mol. The summed E-state index contributed by atoms with van der Waals surface area (Å²) in [4.78, 5) is 22.1. The van der Waals surface area contributed by atoms with Gasteiger partial charge in [-0.15, -0.1) is 0 Å². The molecule has 3 rings (SSSR count). The molecule has 2 aliphatic rings. The summed E-state index contributed by atoms with van der Waals surface area (Å²) in [5.41, 5.74) is 0.711. The van der Waals surface area contributed by atoms with Crippen LogP contribution in [0.25, 0.3) is 0 Å². The van der Waals surface area contributed by atoms with Crippen LogP contribution in [0.15, 0.2) is 12.1 Å². The van der Waals surface area contributed by atoms with Gasteiger partial charge in [0.1, 0.15) is 5.69 Å². The number of hydrogen-bond acceptors (Lipinski definition) is 6. The molecule has 0 bridgehead atoms. The number of hydrogen-bond donors (Lipinski definition) is 3. The predicted molar refractivity (Wildman–Crippen MR) is 79.1 cm³/mol. The molecule has 0 saturated heterocycles. The highest BCUT2D eigenvalue weighted by Crippen LogP contribution is 2.49. The van der Waals surface area contributed by atoms with Gasteiger partial charge in [-0.05, 0) is 30.7 Å². The van der Waals surface area contributed by atoms with Gasteiger partial charge in [-0.3, -0.25) is 14.9 Å². The summed E-state index contributed by atoms with van der Waals surface area (Å²) in [6.45, 7) is 0.524. The van der Waals surface area contributed by atoms with E-state index in [9.17, 15) is 14.9 Å². The fraction of sp³-hybridized carbons (Fsp3) is 0.500. The first-order valence-electron chi connectivity index (χ1n) is 7.13. The molecular formula is C14H17N3O5. The van der Waals surface area contributed by atoms with E-state index in [4.69, 9.17) is 9.84 Å². The van der Waals surface area contributed by atoms with Crippen LogP contribution in [0.2, 0.25) is 0 Å². The van der Waals surface area contributed by atoms with Crippen LogP contribution in [0.5, 0.6) is 5.75 Å². The van der Waals surface area contributed by atoms with Crippen molar-refractivity contribution in [3.05, 3.63) is 22.2 Å². The van der Waals surface area contributed by atoms with Gasteiger partial charge < -0.3 is 20.5 Å². The molecule has 3 N–H and O–H groups in total. The van der Waals surface area contributed by atoms with Crippen molar-refractivity contribution in [3.63, 3.8) is 0 Å². The zero-order valence-corrected chi connectivity index (χ0v) is 11.9. The molecule has 1 heterocycles. The Morgan fingerprint density at radius 3 is 2.86 bits per heavy atom. The Kier molecular flexibility index (Phi) is 3.61. The number of nitrogens with zero attached hydrogens (tertiary/aromatic N) is 1. The molecule has 1 aromatic rings. The predicted octanol–water partition coefficient (Wildman–Crippen LogP) is 1.50. The van der Waals surface area contributed by atoms with Crippen molar-refractivity contribution in [3.8, 4) is 5.75 Å². The van der Waals surface area contributed by atoms with Crippen LogP contribution in [0.1, 0.15) is 19.3 Å². The number of benzene rings is 1. The summed E-state index contributed by atoms with van der Waals surface area (Å²) in [6, 6.07) is 2.85. The first-order chi connectivity index (χ1) is 10.5. The lowest BCUT2D eigenvalue weighted by molar-refractivity contribution is -0.384. The first kappa shape index (κ1) is 14.6. The minimum absolute atomic E-state index is 0.0261. The second-order valence-electron chi connectivity index (χ2n) is 5.79. The first-order valence-corrected chi connectivity index (χ1v) is 7.13. The van der Waals surface area contributed by atoms with Crippen molar-refractivity contribution in [1.82, 2.24) is 0 Å². The Balaban J connectivity index is 1.84. The van der Waals surface area contributed by atoms with Crippen LogP contribution in [0, 0.1) is 15.5 Å². The van der Waals surface area contributed by atoms with Crippen molar-refractivity contribution in [1.29, 1.82) is 0 Å². The quantitative estimate of drug-likeness (QED) is 0.542. The van der Waals surface area contributed by atoms with E-state index >= 15 is 0 Å². The molecule has 1 saturated carbocycles. The lowest BCUT2D eigenvalue weighted by atomic mass is 10.0. The van der Waals surface area contributed by atoms with E-state index in [1.54, 1.807) is 0 Å². The van der Waals surface area contributed by atoms with Gasteiger partial charge in [0, 0.05) is 13.2 Å². The third kappa shape index (κ3) is 2.82. The van der Waals surface area contributed by atoms with Crippen molar-refractivity contribution < 1.29 is 19.6 Å². The van der Waals surface area contributed by atoms with Gasteiger partial charge in [0.25, 0.3) is 11.6 Å². The van der Waals surface area contributed by atoms with Crippen LogP contribution in [-0.4, -0.2) is 35.7 Å². The molecule has 0 spiro atoms. The largest absolute Gasteiger partial charge is 0.481 e. The number of nitrogens with one attached hydrogen (secondary N) is 2. The highest BCUT2D eigenvalue weighted by Gasteiger charge is 2.42. The highest BCUT2D eigenvalue weighted by molar-refractivity contribution is 5.96. The number of rotatable bonds is 6. The van der Waals surface area contributed by atoms with E-state index in [0.29, 0.717) is 30.1 Å². The number of aliphatic hydroxyl groups is 1. The monoisotopic (exact) mass is 307 g/mol. The van der Waals surface area contributed by atoms with E-state index in [0.717, 1.165) is 12.8 Å². The third-order valence-electron chi connectivity index (χ3n) is 4.18. The fourth-order valence-electron chi connectivity index (χ4n) is 2.62. The topological polar surface area (TPSA) is 114 Å². The molecule has 0 atom stereocenters. The Hall–Kier alpha value is -2.35. The molecule has 8 nitrogen and oxygen atoms in total. The lowest BCUT2D eigenvalue weighted by Crippen LogP contribution is -2.25. The van der Waals surface area contributed by atoms with E-state index in [1.165, 1.54) is 12.1 Å². The number of carbonyl (C=O) groups is 1. The summed E-state index contributed by atoms with van der Waals surface area (Å²) in [5.74, 6) is 0.0135. The Labute approximate surface area is 126 Å². The summed E-state index contributed by atoms with van der Waals surface area (Å²) < 4.78 is 5.20. The van der Waals surface area contributed by atoms with Crippen LogP contribution in [0.3, 0.4) is 0 Å². The number of nitro groups is 1. The summed E-state index contributed by atoms with van der Waals surface area (Å²) in [5, 5.41) is 26.0. The van der Waals surface area contributed by atoms with E-state index in [-0.39, 0.29) is 30.2 Å². The number of anilines is 2. The molecule has 1 aliphatic carbocycles. The average Bonchev–Trinajstić information content (AvgIpc) is 3.24. The zero-order chi connectivity index (χ0) is 15.7. The number of carbonyl (C=O) groups excluding carboxylic acids is 1. The second-order valence-corrected chi connectivity index (χ2v) is 5.79. The lowest BCUT2D eigenvalue weighted by Gasteiger charge is -2.20. The molecule has 1 aromatic carbocycles. The number of ether oxygens (including phenoxy) is 1. The molecule has 22 heavy (non-hydrogen) atoms. The standard InChI is InChI=1S/C14H17N3O5/c18-4-3-14(1-2-14)8-15-9-5-10-12(6-11(9)17(20)21)22-7-13(19)16-10/h5-6,15,18H,1-4,7-8H2,(H,16,19). The summed E-state index contributed by atoms with van der Waals surface area (Å²) >= 11 is 0. The van der Waals surface area contributed by atoms with Gasteiger partial charge in [-0.1, -0.05) is 0 Å². The maximum absolute atomic E-state index is 11.4. The van der Waals surface area contributed by atoms with Crippen molar-refractivity contribution >= 4 is 23.0 Å². The average molecular weight is 307 g/mol. The van der Waals surface area contributed by atoms with Crippen molar-refractivity contribution in [2.75, 3.05) is 30.4 Å². The molecule has 0 unspecified atom stereocenters. The van der Waals surface area contributed by atoms with E-state index in [2.05, 4.69) is 10.6 Å². The second kappa shape index (κ2) is 5.45. The van der Waals surface area contributed by atoms with Crippen molar-refractivity contribution in [2.24, 2.45) is 5.41 Å². The highest BCUT2D eigenvalue weighted by atomic mass is 16.6. The number of aliphatic hydroxyl groups excluding tert-OH is 1. The van der Waals surface area contributed by atoms with E-state index < -0.39 is 4.92 Å². The molecule has 8 heteroatoms. The van der Waals surface area contributed by atoms with Gasteiger partial charge in [0.15, 0.2) is 12.4 Å². The van der Waals surface area contributed by atoms with Gasteiger partial charge in [0.2, 0.25) is 0 Å². The van der Waals surface area contributed by atoms with Crippen LogP contribution >= 0.6 is 0 Å². The van der Waals surface area contributed by atoms with Crippen LogP contribution in [-0.2, 0) is 4.79 Å². The van der Waals surface area contributed by atoms with E-state index in [1.807, 2.05) is 0 Å². The van der Waals surface area contributed by atoms with Crippen molar-refractivity contribution in [2.45, 2.75) is 19.3 Å². The maximum atomic E-state index is 11.4. The number of nitro benzene ring substituents is 1. The molecule has 118 valence electrons. The van der Waals surface area contributed by atoms with Crippen LogP contribution in [0.4, 0.5) is 17.1 Å². The number of fused-ring (bicyclic) bond motifs is 1. The minimum Gasteiger partial charge on any atom is -0.481 e. The number of amides is 1. The Morgan fingerprint density at radius 2 is 2.23 bits per heavy atom. The molecule has 1 aliphatic heterocycles. The Bertz CT molecular complexity index is 627. The Morgan fingerprint density at radius 1 is 1.45 bits per heavy atom. The minimum atomic E-state index is -0.478. The molecule has 1 amide bonds. The van der Waals surface area contributed by atoms with Gasteiger partial charge in [-0.25, -0.2) is 0 Å².